The van der Waals surface area contributed by atoms with Crippen molar-refractivity contribution in [2.24, 2.45) is 5.73 Å². The Morgan fingerprint density at radius 2 is 1.44 bits per heavy atom. The molecular formula is C22H23NO2. The summed E-state index contributed by atoms with van der Waals surface area (Å²) >= 11 is 0. The number of nitrogens with two attached hydrogens (primary N) is 1. The van der Waals surface area contributed by atoms with E-state index >= 15 is 0 Å². The lowest BCUT2D eigenvalue weighted by molar-refractivity contribution is 0.276. The van der Waals surface area contributed by atoms with Crippen LogP contribution in [-0.4, -0.2) is 12.6 Å². The Balaban J connectivity index is 1.61. The first-order valence-electron chi connectivity index (χ1n) is 8.46. The molecule has 3 aromatic carbocycles. The Morgan fingerprint density at radius 1 is 0.800 bits per heavy atom. The van der Waals surface area contributed by atoms with E-state index in [4.69, 9.17) is 15.2 Å². The van der Waals surface area contributed by atoms with Crippen LogP contribution in [0, 0.1) is 6.92 Å². The minimum absolute atomic E-state index is 0.0742. The zero-order valence-corrected chi connectivity index (χ0v) is 14.4. The molecule has 0 heterocycles. The molecule has 2 N–H and O–H groups in total. The maximum absolute atomic E-state index is 6.21. The third kappa shape index (κ3) is 5.10. The number of para-hydroxylation sites is 2. The molecule has 0 aliphatic rings. The molecule has 0 radical (unpaired) electrons. The zero-order chi connectivity index (χ0) is 17.5. The Morgan fingerprint density at radius 3 is 2.16 bits per heavy atom. The summed E-state index contributed by atoms with van der Waals surface area (Å²) < 4.78 is 11.9. The van der Waals surface area contributed by atoms with Crippen molar-refractivity contribution in [3.8, 4) is 17.2 Å². The SMILES string of the molecule is Cc1ccc(Oc2ccccc2OC[C@@H](N)Cc2ccccc2)cc1. The van der Waals surface area contributed by atoms with Crippen LogP contribution < -0.4 is 15.2 Å². The minimum atomic E-state index is -0.0742. The molecule has 0 bridgehead atoms. The standard InChI is InChI=1S/C22H23NO2/c1-17-11-13-20(14-12-17)25-22-10-6-5-9-21(22)24-16-19(23)15-18-7-3-2-4-8-18/h2-14,19H,15-16,23H2,1H3/t19-/m0/s1. The third-order valence-electron chi connectivity index (χ3n) is 3.89. The van der Waals surface area contributed by atoms with Gasteiger partial charge < -0.3 is 15.2 Å². The van der Waals surface area contributed by atoms with Gasteiger partial charge in [0.25, 0.3) is 0 Å². The van der Waals surface area contributed by atoms with E-state index in [1.165, 1.54) is 11.1 Å². The van der Waals surface area contributed by atoms with E-state index in [1.54, 1.807) is 0 Å². The Labute approximate surface area is 149 Å². The number of aryl methyl sites for hydroxylation is 1. The van der Waals surface area contributed by atoms with E-state index in [0.717, 1.165) is 12.2 Å². The first kappa shape index (κ1) is 17.1. The fourth-order valence-corrected chi connectivity index (χ4v) is 2.56. The van der Waals surface area contributed by atoms with Gasteiger partial charge in [0.15, 0.2) is 11.5 Å². The lowest BCUT2D eigenvalue weighted by Crippen LogP contribution is -2.30. The van der Waals surface area contributed by atoms with Crippen LogP contribution in [0.5, 0.6) is 17.2 Å². The van der Waals surface area contributed by atoms with Crippen LogP contribution in [0.25, 0.3) is 0 Å². The van der Waals surface area contributed by atoms with Crippen molar-refractivity contribution in [1.82, 2.24) is 0 Å². The van der Waals surface area contributed by atoms with Crippen molar-refractivity contribution < 1.29 is 9.47 Å². The van der Waals surface area contributed by atoms with Crippen molar-refractivity contribution in [3.05, 3.63) is 90.0 Å². The first-order chi connectivity index (χ1) is 12.2. The summed E-state index contributed by atoms with van der Waals surface area (Å²) in [4.78, 5) is 0. The van der Waals surface area contributed by atoms with Gasteiger partial charge in [-0.05, 0) is 43.2 Å². The molecule has 0 amide bonds. The summed E-state index contributed by atoms with van der Waals surface area (Å²) in [5.74, 6) is 2.18. The monoisotopic (exact) mass is 333 g/mol. The van der Waals surface area contributed by atoms with Crippen LogP contribution in [0.15, 0.2) is 78.9 Å². The fraction of sp³-hybridized carbons (Fsp3) is 0.182. The third-order valence-corrected chi connectivity index (χ3v) is 3.89. The molecule has 3 rings (SSSR count). The van der Waals surface area contributed by atoms with Gasteiger partial charge in [0.05, 0.1) is 0 Å². The summed E-state index contributed by atoms with van der Waals surface area (Å²) in [6.07, 6.45) is 0.780. The molecule has 0 saturated heterocycles. The Bertz CT molecular complexity index is 785. The van der Waals surface area contributed by atoms with Gasteiger partial charge in [-0.1, -0.05) is 60.2 Å². The Hall–Kier alpha value is -2.78. The largest absolute Gasteiger partial charge is 0.488 e. The number of hydrogen-bond acceptors (Lipinski definition) is 3. The predicted octanol–water partition coefficient (Wildman–Crippen LogP) is 4.74. The van der Waals surface area contributed by atoms with Crippen LogP contribution >= 0.6 is 0 Å². The molecular weight excluding hydrogens is 310 g/mol. The van der Waals surface area contributed by atoms with Crippen LogP contribution in [0.1, 0.15) is 11.1 Å². The highest BCUT2D eigenvalue weighted by atomic mass is 16.5. The molecule has 128 valence electrons. The van der Waals surface area contributed by atoms with E-state index in [9.17, 15) is 0 Å². The molecule has 3 aromatic rings. The van der Waals surface area contributed by atoms with Crippen LogP contribution in [-0.2, 0) is 6.42 Å². The topological polar surface area (TPSA) is 44.5 Å². The van der Waals surface area contributed by atoms with E-state index in [-0.39, 0.29) is 6.04 Å². The van der Waals surface area contributed by atoms with E-state index in [1.807, 2.05) is 66.7 Å². The molecule has 0 aliphatic heterocycles. The van der Waals surface area contributed by atoms with E-state index < -0.39 is 0 Å². The quantitative estimate of drug-likeness (QED) is 0.679. The molecule has 0 aromatic heterocycles. The van der Waals surface area contributed by atoms with E-state index in [0.29, 0.717) is 18.1 Å². The van der Waals surface area contributed by atoms with E-state index in [2.05, 4.69) is 19.1 Å². The zero-order valence-electron chi connectivity index (χ0n) is 14.4. The van der Waals surface area contributed by atoms with Crippen molar-refractivity contribution in [3.63, 3.8) is 0 Å². The van der Waals surface area contributed by atoms with Crippen molar-refractivity contribution in [2.45, 2.75) is 19.4 Å². The number of benzene rings is 3. The second-order valence-electron chi connectivity index (χ2n) is 6.12. The summed E-state index contributed by atoms with van der Waals surface area (Å²) in [5.41, 5.74) is 8.62. The summed E-state index contributed by atoms with van der Waals surface area (Å²) in [6.45, 7) is 2.48. The van der Waals surface area contributed by atoms with Gasteiger partial charge in [-0.15, -0.1) is 0 Å². The highest BCUT2D eigenvalue weighted by molar-refractivity contribution is 5.43. The van der Waals surface area contributed by atoms with Gasteiger partial charge >= 0.3 is 0 Å². The summed E-state index contributed by atoms with van der Waals surface area (Å²) in [5, 5.41) is 0. The lowest BCUT2D eigenvalue weighted by atomic mass is 10.1. The molecule has 0 saturated carbocycles. The van der Waals surface area contributed by atoms with Gasteiger partial charge in [0, 0.05) is 6.04 Å². The van der Waals surface area contributed by atoms with Gasteiger partial charge in [-0.25, -0.2) is 0 Å². The summed E-state index contributed by atoms with van der Waals surface area (Å²) in [6, 6.07) is 25.7. The first-order valence-corrected chi connectivity index (χ1v) is 8.46. The van der Waals surface area contributed by atoms with Crippen LogP contribution in [0.2, 0.25) is 0 Å². The number of rotatable bonds is 7. The maximum Gasteiger partial charge on any atom is 0.169 e. The molecule has 3 nitrogen and oxygen atoms in total. The van der Waals surface area contributed by atoms with Crippen molar-refractivity contribution in [1.29, 1.82) is 0 Å². The Kier molecular flexibility index (Phi) is 5.70. The summed E-state index contributed by atoms with van der Waals surface area (Å²) in [7, 11) is 0. The predicted molar refractivity (Wildman–Crippen MR) is 101 cm³/mol. The average Bonchev–Trinajstić information content (AvgIpc) is 2.64. The molecule has 1 atom stereocenters. The molecule has 0 aliphatic carbocycles. The van der Waals surface area contributed by atoms with Crippen molar-refractivity contribution >= 4 is 0 Å². The van der Waals surface area contributed by atoms with Gasteiger partial charge in [-0.3, -0.25) is 0 Å². The normalized spacial score (nSPS) is 11.8. The van der Waals surface area contributed by atoms with Gasteiger partial charge in [-0.2, -0.15) is 0 Å². The molecule has 0 fully saturated rings. The van der Waals surface area contributed by atoms with Crippen LogP contribution in [0.3, 0.4) is 0 Å². The highest BCUT2D eigenvalue weighted by Crippen LogP contribution is 2.31. The lowest BCUT2D eigenvalue weighted by Gasteiger charge is -2.16. The minimum Gasteiger partial charge on any atom is -0.488 e. The second-order valence-corrected chi connectivity index (χ2v) is 6.12. The highest BCUT2D eigenvalue weighted by Gasteiger charge is 2.09. The average molecular weight is 333 g/mol. The molecule has 0 unspecified atom stereocenters. The number of hydrogen-bond donors (Lipinski definition) is 1. The number of ether oxygens (including phenoxy) is 2. The second kappa shape index (κ2) is 8.36. The maximum atomic E-state index is 6.21. The smallest absolute Gasteiger partial charge is 0.169 e. The van der Waals surface area contributed by atoms with Gasteiger partial charge in [0.2, 0.25) is 0 Å². The molecule has 0 spiro atoms. The van der Waals surface area contributed by atoms with Gasteiger partial charge in [0.1, 0.15) is 12.4 Å². The van der Waals surface area contributed by atoms with Crippen LogP contribution in [0.4, 0.5) is 0 Å². The molecule has 3 heteroatoms. The fourth-order valence-electron chi connectivity index (χ4n) is 2.56. The molecule has 25 heavy (non-hydrogen) atoms. The van der Waals surface area contributed by atoms with Crippen molar-refractivity contribution in [2.75, 3.05) is 6.61 Å².